The Kier molecular flexibility index (Phi) is 4.35. The minimum Gasteiger partial charge on any atom is -0.385 e. The van der Waals surface area contributed by atoms with Crippen LogP contribution in [0.15, 0.2) is 29.1 Å². The van der Waals surface area contributed by atoms with E-state index in [4.69, 9.17) is 4.74 Å². The van der Waals surface area contributed by atoms with Crippen molar-refractivity contribution in [2.75, 3.05) is 20.3 Å². The van der Waals surface area contributed by atoms with Gasteiger partial charge in [0.05, 0.1) is 11.0 Å². The topological polar surface area (TPSA) is 76.1 Å². The molecule has 2 aromatic rings. The lowest BCUT2D eigenvalue weighted by Gasteiger charge is -2.05. The number of amides is 1. The highest BCUT2D eigenvalue weighted by molar-refractivity contribution is 5.80. The summed E-state index contributed by atoms with van der Waals surface area (Å²) in [6.45, 7) is 1.17. The van der Waals surface area contributed by atoms with E-state index >= 15 is 0 Å². The fourth-order valence-corrected chi connectivity index (χ4v) is 1.91. The molecule has 2 rings (SSSR count). The van der Waals surface area contributed by atoms with E-state index in [2.05, 4.69) is 10.3 Å². The second-order valence-electron chi connectivity index (χ2n) is 4.23. The number of methoxy groups -OCH3 is 1. The van der Waals surface area contributed by atoms with Gasteiger partial charge in [0.2, 0.25) is 5.91 Å². The molecule has 0 aliphatic heterocycles. The van der Waals surface area contributed by atoms with E-state index in [-0.39, 0.29) is 18.1 Å². The molecule has 2 N–H and O–H groups in total. The van der Waals surface area contributed by atoms with Crippen molar-refractivity contribution in [1.82, 2.24) is 14.9 Å². The second kappa shape index (κ2) is 6.19. The molecular formula is C13H17N3O3. The Morgan fingerprint density at radius 3 is 3.00 bits per heavy atom. The van der Waals surface area contributed by atoms with Crippen LogP contribution in [0.1, 0.15) is 6.42 Å². The van der Waals surface area contributed by atoms with Crippen molar-refractivity contribution in [2.24, 2.45) is 0 Å². The number of hydrogen-bond acceptors (Lipinski definition) is 3. The summed E-state index contributed by atoms with van der Waals surface area (Å²) in [4.78, 5) is 26.2. The zero-order chi connectivity index (χ0) is 13.7. The normalized spacial score (nSPS) is 10.8. The molecule has 0 unspecified atom stereocenters. The quantitative estimate of drug-likeness (QED) is 0.744. The summed E-state index contributed by atoms with van der Waals surface area (Å²) in [7, 11) is 1.62. The molecule has 6 nitrogen and oxygen atoms in total. The molecule has 19 heavy (non-hydrogen) atoms. The van der Waals surface area contributed by atoms with Gasteiger partial charge < -0.3 is 15.0 Å². The van der Waals surface area contributed by atoms with E-state index < -0.39 is 0 Å². The Bertz CT molecular complexity index is 615. The molecule has 0 atom stereocenters. The number of hydrogen-bond donors (Lipinski definition) is 2. The zero-order valence-corrected chi connectivity index (χ0v) is 10.8. The summed E-state index contributed by atoms with van der Waals surface area (Å²) in [5.41, 5.74) is 1.20. The molecule has 1 aromatic carbocycles. The van der Waals surface area contributed by atoms with Crippen LogP contribution in [0, 0.1) is 0 Å². The number of fused-ring (bicyclic) bond motifs is 1. The summed E-state index contributed by atoms with van der Waals surface area (Å²) < 4.78 is 6.33. The number of carbonyl (C=O) groups excluding carboxylic acids is 1. The van der Waals surface area contributed by atoms with Crippen LogP contribution in [0.5, 0.6) is 0 Å². The van der Waals surface area contributed by atoms with Gasteiger partial charge in [-0.25, -0.2) is 4.79 Å². The lowest BCUT2D eigenvalue weighted by molar-refractivity contribution is -0.121. The van der Waals surface area contributed by atoms with Crippen LogP contribution in [0.4, 0.5) is 0 Å². The van der Waals surface area contributed by atoms with Crippen molar-refractivity contribution in [3.8, 4) is 0 Å². The summed E-state index contributed by atoms with van der Waals surface area (Å²) >= 11 is 0. The molecule has 0 saturated carbocycles. The number of ether oxygens (including phenoxy) is 1. The van der Waals surface area contributed by atoms with E-state index in [0.29, 0.717) is 13.2 Å². The molecule has 0 aliphatic rings. The van der Waals surface area contributed by atoms with Crippen molar-refractivity contribution in [1.29, 1.82) is 0 Å². The Morgan fingerprint density at radius 2 is 2.21 bits per heavy atom. The van der Waals surface area contributed by atoms with Crippen LogP contribution in [0.2, 0.25) is 0 Å². The number of para-hydroxylation sites is 2. The number of benzene rings is 1. The number of aromatic amines is 1. The monoisotopic (exact) mass is 263 g/mol. The zero-order valence-electron chi connectivity index (χ0n) is 10.8. The fraction of sp³-hybridized carbons (Fsp3) is 0.385. The van der Waals surface area contributed by atoms with Crippen LogP contribution < -0.4 is 11.0 Å². The molecular weight excluding hydrogens is 246 g/mol. The van der Waals surface area contributed by atoms with Crippen molar-refractivity contribution >= 4 is 16.9 Å². The first-order valence-electron chi connectivity index (χ1n) is 6.15. The Labute approximate surface area is 110 Å². The summed E-state index contributed by atoms with van der Waals surface area (Å²) in [5.74, 6) is -0.178. The van der Waals surface area contributed by atoms with Gasteiger partial charge in [-0.3, -0.25) is 9.36 Å². The Hall–Kier alpha value is -2.08. The lowest BCUT2D eigenvalue weighted by atomic mass is 10.3. The highest BCUT2D eigenvalue weighted by Crippen LogP contribution is 2.08. The van der Waals surface area contributed by atoms with Crippen molar-refractivity contribution < 1.29 is 9.53 Å². The van der Waals surface area contributed by atoms with Gasteiger partial charge >= 0.3 is 5.69 Å². The van der Waals surface area contributed by atoms with E-state index in [9.17, 15) is 9.59 Å². The van der Waals surface area contributed by atoms with E-state index in [1.807, 2.05) is 24.3 Å². The molecule has 0 bridgehead atoms. The van der Waals surface area contributed by atoms with Crippen LogP contribution in [-0.4, -0.2) is 35.7 Å². The number of carbonyl (C=O) groups is 1. The number of nitrogens with zero attached hydrogens (tertiary/aromatic N) is 1. The van der Waals surface area contributed by atoms with E-state index in [1.54, 1.807) is 7.11 Å². The van der Waals surface area contributed by atoms with Gasteiger partial charge in [-0.15, -0.1) is 0 Å². The largest absolute Gasteiger partial charge is 0.385 e. The molecule has 0 aliphatic carbocycles. The third-order valence-electron chi connectivity index (χ3n) is 2.83. The third kappa shape index (κ3) is 3.23. The maximum atomic E-state index is 11.8. The molecule has 0 spiro atoms. The minimum atomic E-state index is -0.270. The molecule has 0 saturated heterocycles. The Balaban J connectivity index is 2.03. The van der Waals surface area contributed by atoms with E-state index in [1.165, 1.54) is 4.57 Å². The van der Waals surface area contributed by atoms with Crippen molar-refractivity contribution in [3.05, 3.63) is 34.7 Å². The van der Waals surface area contributed by atoms with Crippen LogP contribution in [0.3, 0.4) is 0 Å². The fourth-order valence-electron chi connectivity index (χ4n) is 1.91. The molecule has 1 aromatic heterocycles. The summed E-state index contributed by atoms with van der Waals surface area (Å²) in [6, 6.07) is 7.30. The maximum absolute atomic E-state index is 11.8. The van der Waals surface area contributed by atoms with Crippen molar-refractivity contribution in [3.63, 3.8) is 0 Å². The van der Waals surface area contributed by atoms with Gasteiger partial charge in [0, 0.05) is 20.3 Å². The average Bonchev–Trinajstić information content (AvgIpc) is 2.72. The van der Waals surface area contributed by atoms with Gasteiger partial charge in [-0.05, 0) is 18.6 Å². The van der Waals surface area contributed by atoms with Gasteiger partial charge in [-0.1, -0.05) is 12.1 Å². The maximum Gasteiger partial charge on any atom is 0.326 e. The first-order chi connectivity index (χ1) is 9.22. The van der Waals surface area contributed by atoms with Crippen LogP contribution in [-0.2, 0) is 16.1 Å². The van der Waals surface area contributed by atoms with Gasteiger partial charge in [0.15, 0.2) is 0 Å². The summed E-state index contributed by atoms with van der Waals surface area (Å²) in [6.07, 6.45) is 0.755. The number of imidazole rings is 1. The highest BCUT2D eigenvalue weighted by atomic mass is 16.5. The molecule has 1 heterocycles. The average molecular weight is 263 g/mol. The predicted molar refractivity (Wildman–Crippen MR) is 72.1 cm³/mol. The second-order valence-corrected chi connectivity index (χ2v) is 4.23. The molecule has 0 radical (unpaired) electrons. The SMILES string of the molecule is COCCCNC(=O)Cn1c(=O)[nH]c2ccccc21. The van der Waals surface area contributed by atoms with Gasteiger partial charge in [-0.2, -0.15) is 0 Å². The molecule has 1 amide bonds. The van der Waals surface area contributed by atoms with Crippen molar-refractivity contribution in [2.45, 2.75) is 13.0 Å². The molecule has 6 heteroatoms. The number of rotatable bonds is 6. The lowest BCUT2D eigenvalue weighted by Crippen LogP contribution is -2.32. The Morgan fingerprint density at radius 1 is 1.42 bits per heavy atom. The van der Waals surface area contributed by atoms with Crippen LogP contribution >= 0.6 is 0 Å². The van der Waals surface area contributed by atoms with E-state index in [0.717, 1.165) is 17.5 Å². The summed E-state index contributed by atoms with van der Waals surface area (Å²) in [5, 5.41) is 2.76. The van der Waals surface area contributed by atoms with Crippen LogP contribution in [0.25, 0.3) is 11.0 Å². The molecule has 102 valence electrons. The number of H-pyrrole nitrogens is 1. The smallest absolute Gasteiger partial charge is 0.326 e. The minimum absolute atomic E-state index is 0.0236. The number of nitrogens with one attached hydrogen (secondary N) is 2. The van der Waals surface area contributed by atoms with Gasteiger partial charge in [0.25, 0.3) is 0 Å². The van der Waals surface area contributed by atoms with Gasteiger partial charge in [0.1, 0.15) is 6.54 Å². The number of aromatic nitrogens is 2. The molecule has 0 fully saturated rings. The standard InChI is InChI=1S/C13H17N3O3/c1-19-8-4-7-14-12(17)9-16-11-6-3-2-5-10(11)15-13(16)18/h2-3,5-6H,4,7-9H2,1H3,(H,14,17)(H,15,18). The third-order valence-corrected chi connectivity index (χ3v) is 2.83. The first kappa shape index (κ1) is 13.4. The highest BCUT2D eigenvalue weighted by Gasteiger charge is 2.09. The predicted octanol–water partition coefficient (Wildman–Crippen LogP) is 0.482. The first-order valence-corrected chi connectivity index (χ1v) is 6.15.